The Kier molecular flexibility index (Phi) is 4.94. The van der Waals surface area contributed by atoms with Gasteiger partial charge < -0.3 is 5.32 Å². The van der Waals surface area contributed by atoms with Crippen LogP contribution in [0.3, 0.4) is 0 Å². The summed E-state index contributed by atoms with van der Waals surface area (Å²) in [6.45, 7) is 5.15. The van der Waals surface area contributed by atoms with Crippen LogP contribution in [0.15, 0.2) is 42.6 Å². The van der Waals surface area contributed by atoms with E-state index >= 15 is 0 Å². The molecule has 1 unspecified atom stereocenters. The highest BCUT2D eigenvalue weighted by Gasteiger charge is 2.13. The van der Waals surface area contributed by atoms with E-state index in [1.165, 1.54) is 11.1 Å². The average molecular weight is 275 g/mol. The number of hydrogen-bond acceptors (Lipinski definition) is 2. The molecule has 1 aromatic carbocycles. The van der Waals surface area contributed by atoms with Crippen LogP contribution >= 0.6 is 11.6 Å². The number of aromatic nitrogens is 1. The highest BCUT2D eigenvalue weighted by molar-refractivity contribution is 6.30. The lowest BCUT2D eigenvalue weighted by Crippen LogP contribution is -2.23. The van der Waals surface area contributed by atoms with Gasteiger partial charge in [-0.15, -0.1) is 0 Å². The van der Waals surface area contributed by atoms with E-state index in [-0.39, 0.29) is 6.04 Å². The second kappa shape index (κ2) is 6.69. The summed E-state index contributed by atoms with van der Waals surface area (Å²) in [4.78, 5) is 4.26. The Morgan fingerprint density at radius 2 is 2.00 bits per heavy atom. The normalized spacial score (nSPS) is 12.4. The molecule has 1 aromatic heterocycles. The number of halogens is 1. The van der Waals surface area contributed by atoms with Gasteiger partial charge in [0.2, 0.25) is 0 Å². The molecule has 2 aromatic rings. The van der Waals surface area contributed by atoms with Crippen LogP contribution in [0.2, 0.25) is 5.02 Å². The molecule has 100 valence electrons. The van der Waals surface area contributed by atoms with Crippen molar-refractivity contribution in [2.45, 2.75) is 26.3 Å². The second-order valence-corrected chi connectivity index (χ2v) is 5.11. The lowest BCUT2D eigenvalue weighted by atomic mass is 9.99. The Morgan fingerprint density at radius 3 is 2.68 bits per heavy atom. The van der Waals surface area contributed by atoms with Crippen molar-refractivity contribution in [3.63, 3.8) is 0 Å². The van der Waals surface area contributed by atoms with Gasteiger partial charge >= 0.3 is 0 Å². The Morgan fingerprint density at radius 1 is 1.21 bits per heavy atom. The maximum atomic E-state index is 6.10. The zero-order chi connectivity index (χ0) is 13.7. The van der Waals surface area contributed by atoms with E-state index in [0.717, 1.165) is 23.7 Å². The van der Waals surface area contributed by atoms with Crippen molar-refractivity contribution in [1.29, 1.82) is 0 Å². The van der Waals surface area contributed by atoms with E-state index in [9.17, 15) is 0 Å². The monoisotopic (exact) mass is 274 g/mol. The Labute approximate surface area is 119 Å². The smallest absolute Gasteiger partial charge is 0.0578 e. The van der Waals surface area contributed by atoms with Gasteiger partial charge in [0.15, 0.2) is 0 Å². The molecular weight excluding hydrogens is 256 g/mol. The predicted molar refractivity (Wildman–Crippen MR) is 80.6 cm³/mol. The molecule has 0 aliphatic carbocycles. The van der Waals surface area contributed by atoms with Crippen LogP contribution in [-0.4, -0.2) is 11.5 Å². The van der Waals surface area contributed by atoms with Crippen LogP contribution in [0, 0.1) is 6.92 Å². The molecule has 0 radical (unpaired) electrons. The van der Waals surface area contributed by atoms with Crippen LogP contribution in [0.1, 0.15) is 36.2 Å². The first-order valence-corrected chi connectivity index (χ1v) is 7.00. The van der Waals surface area contributed by atoms with Crippen molar-refractivity contribution in [1.82, 2.24) is 10.3 Å². The van der Waals surface area contributed by atoms with Gasteiger partial charge in [0.25, 0.3) is 0 Å². The van der Waals surface area contributed by atoms with E-state index in [1.54, 1.807) is 0 Å². The number of pyridine rings is 1. The molecule has 0 aliphatic heterocycles. The summed E-state index contributed by atoms with van der Waals surface area (Å²) in [5, 5.41) is 4.34. The molecule has 0 fully saturated rings. The Balaban J connectivity index is 2.35. The molecule has 3 heteroatoms. The zero-order valence-electron chi connectivity index (χ0n) is 11.4. The molecular formula is C16H19ClN2. The van der Waals surface area contributed by atoms with Crippen molar-refractivity contribution in [2.24, 2.45) is 0 Å². The van der Waals surface area contributed by atoms with E-state index in [1.807, 2.05) is 31.3 Å². The molecule has 0 aliphatic rings. The minimum absolute atomic E-state index is 0.167. The summed E-state index contributed by atoms with van der Waals surface area (Å²) in [7, 11) is 0. The number of benzene rings is 1. The van der Waals surface area contributed by atoms with Gasteiger partial charge in [-0.1, -0.05) is 30.7 Å². The largest absolute Gasteiger partial charge is 0.306 e. The van der Waals surface area contributed by atoms with Crippen LogP contribution in [-0.2, 0) is 0 Å². The molecule has 0 amide bonds. The first kappa shape index (κ1) is 14.0. The van der Waals surface area contributed by atoms with Crippen molar-refractivity contribution in [3.05, 3.63) is 64.4 Å². The first-order chi connectivity index (χ1) is 9.20. The fourth-order valence-electron chi connectivity index (χ4n) is 2.15. The van der Waals surface area contributed by atoms with Crippen molar-refractivity contribution in [2.75, 3.05) is 6.54 Å². The van der Waals surface area contributed by atoms with Crippen molar-refractivity contribution >= 4 is 11.6 Å². The van der Waals surface area contributed by atoms with Gasteiger partial charge in [0, 0.05) is 16.9 Å². The molecule has 0 saturated heterocycles. The second-order valence-electron chi connectivity index (χ2n) is 4.67. The van der Waals surface area contributed by atoms with Crippen LogP contribution < -0.4 is 5.32 Å². The molecule has 1 heterocycles. The lowest BCUT2D eigenvalue weighted by molar-refractivity contribution is 0.597. The maximum Gasteiger partial charge on any atom is 0.0578 e. The fraction of sp³-hybridized carbons (Fsp3) is 0.312. The van der Waals surface area contributed by atoms with E-state index in [4.69, 9.17) is 11.6 Å². The van der Waals surface area contributed by atoms with E-state index < -0.39 is 0 Å². The SMILES string of the molecule is CCCNC(c1cccc(Cl)c1)c1ccnc(C)c1. The number of aryl methyl sites for hydroxylation is 1. The molecule has 1 atom stereocenters. The summed E-state index contributed by atoms with van der Waals surface area (Å²) < 4.78 is 0. The summed E-state index contributed by atoms with van der Waals surface area (Å²) in [6.07, 6.45) is 2.96. The van der Waals surface area contributed by atoms with Crippen molar-refractivity contribution in [3.8, 4) is 0 Å². The molecule has 2 nitrogen and oxygen atoms in total. The van der Waals surface area contributed by atoms with Gasteiger partial charge in [-0.2, -0.15) is 0 Å². The average Bonchev–Trinajstić information content (AvgIpc) is 2.39. The van der Waals surface area contributed by atoms with Gasteiger partial charge in [0.05, 0.1) is 6.04 Å². The number of nitrogens with zero attached hydrogens (tertiary/aromatic N) is 1. The molecule has 19 heavy (non-hydrogen) atoms. The van der Waals surface area contributed by atoms with Crippen molar-refractivity contribution < 1.29 is 0 Å². The van der Waals surface area contributed by atoms with Gasteiger partial charge in [-0.05, 0) is 55.3 Å². The standard InChI is InChI=1S/C16H19ClN2/c1-3-8-19-16(13-5-4-6-15(17)11-13)14-7-9-18-12(2)10-14/h4-7,9-11,16,19H,3,8H2,1-2H3. The van der Waals surface area contributed by atoms with Crippen LogP contribution in [0.4, 0.5) is 0 Å². The van der Waals surface area contributed by atoms with Gasteiger partial charge in [0.1, 0.15) is 0 Å². The quantitative estimate of drug-likeness (QED) is 0.887. The van der Waals surface area contributed by atoms with E-state index in [0.29, 0.717) is 0 Å². The first-order valence-electron chi connectivity index (χ1n) is 6.62. The molecule has 0 spiro atoms. The lowest BCUT2D eigenvalue weighted by Gasteiger charge is -2.20. The Bertz CT molecular complexity index is 494. The summed E-state index contributed by atoms with van der Waals surface area (Å²) >= 11 is 6.10. The molecule has 2 rings (SSSR count). The minimum atomic E-state index is 0.167. The van der Waals surface area contributed by atoms with Gasteiger partial charge in [-0.25, -0.2) is 0 Å². The van der Waals surface area contributed by atoms with Crippen LogP contribution in [0.5, 0.6) is 0 Å². The highest BCUT2D eigenvalue weighted by Crippen LogP contribution is 2.24. The third-order valence-corrected chi connectivity index (χ3v) is 3.27. The Hall–Kier alpha value is -1.38. The zero-order valence-corrected chi connectivity index (χ0v) is 12.1. The number of rotatable bonds is 5. The molecule has 0 bridgehead atoms. The minimum Gasteiger partial charge on any atom is -0.306 e. The van der Waals surface area contributed by atoms with Crippen LogP contribution in [0.25, 0.3) is 0 Å². The topological polar surface area (TPSA) is 24.9 Å². The van der Waals surface area contributed by atoms with Gasteiger partial charge in [-0.3, -0.25) is 4.98 Å². The summed E-state index contributed by atoms with van der Waals surface area (Å²) in [5.74, 6) is 0. The van der Waals surface area contributed by atoms with E-state index in [2.05, 4.69) is 35.4 Å². The molecule has 0 saturated carbocycles. The number of nitrogens with one attached hydrogen (secondary N) is 1. The third-order valence-electron chi connectivity index (χ3n) is 3.03. The predicted octanol–water partition coefficient (Wildman–Crippen LogP) is 4.13. The third kappa shape index (κ3) is 3.79. The number of hydrogen-bond donors (Lipinski definition) is 1. The highest BCUT2D eigenvalue weighted by atomic mass is 35.5. The summed E-state index contributed by atoms with van der Waals surface area (Å²) in [5.41, 5.74) is 3.44. The summed E-state index contributed by atoms with van der Waals surface area (Å²) in [6, 6.07) is 12.4. The maximum absolute atomic E-state index is 6.10. The fourth-order valence-corrected chi connectivity index (χ4v) is 2.35. The molecule has 1 N–H and O–H groups in total.